The first-order valence-corrected chi connectivity index (χ1v) is 8.16. The van der Waals surface area contributed by atoms with Crippen LogP contribution in [0.1, 0.15) is 0 Å². The molecule has 0 atom stereocenters. The van der Waals surface area contributed by atoms with Crippen LogP contribution in [0, 0.1) is 20.2 Å². The summed E-state index contributed by atoms with van der Waals surface area (Å²) in [5.41, 5.74) is -0.432. The quantitative estimate of drug-likeness (QED) is 0.459. The van der Waals surface area contributed by atoms with Crippen molar-refractivity contribution in [3.8, 4) is 0 Å². The van der Waals surface area contributed by atoms with Crippen molar-refractivity contribution in [2.75, 3.05) is 0 Å². The standard InChI is InChI=1S/C9H12N2O4Si/c1-16(2,3)9-5-7(10(12)13)4-8(6-9)11(14)15/h4-6H,1-3H3. The van der Waals surface area contributed by atoms with Crippen LogP contribution in [0.2, 0.25) is 19.6 Å². The minimum absolute atomic E-state index is 0.216. The number of hydrogen-bond acceptors (Lipinski definition) is 4. The highest BCUT2D eigenvalue weighted by atomic mass is 28.3. The third kappa shape index (κ3) is 2.63. The van der Waals surface area contributed by atoms with E-state index in [2.05, 4.69) is 0 Å². The van der Waals surface area contributed by atoms with Gasteiger partial charge in [-0.05, 0) is 5.19 Å². The van der Waals surface area contributed by atoms with Crippen LogP contribution in [0.25, 0.3) is 0 Å². The summed E-state index contributed by atoms with van der Waals surface area (Å²) in [5.74, 6) is 0. The zero-order valence-corrected chi connectivity index (χ0v) is 10.3. The molecule has 86 valence electrons. The highest BCUT2D eigenvalue weighted by molar-refractivity contribution is 6.88. The molecule has 0 aliphatic heterocycles. The zero-order chi connectivity index (χ0) is 12.5. The minimum Gasteiger partial charge on any atom is -0.258 e. The zero-order valence-electron chi connectivity index (χ0n) is 9.26. The summed E-state index contributed by atoms with van der Waals surface area (Å²) in [5, 5.41) is 22.0. The lowest BCUT2D eigenvalue weighted by molar-refractivity contribution is -0.394. The van der Waals surface area contributed by atoms with Crippen molar-refractivity contribution in [2.45, 2.75) is 19.6 Å². The molecule has 0 amide bonds. The van der Waals surface area contributed by atoms with Crippen molar-refractivity contribution in [1.29, 1.82) is 0 Å². The second kappa shape index (κ2) is 4.01. The lowest BCUT2D eigenvalue weighted by Gasteiger charge is -2.15. The fourth-order valence-electron chi connectivity index (χ4n) is 1.24. The van der Waals surface area contributed by atoms with Gasteiger partial charge in [0.05, 0.1) is 24.0 Å². The smallest absolute Gasteiger partial charge is 0.258 e. The van der Waals surface area contributed by atoms with Crippen LogP contribution >= 0.6 is 0 Å². The van der Waals surface area contributed by atoms with Gasteiger partial charge in [-0.1, -0.05) is 19.6 Å². The second-order valence-electron chi connectivity index (χ2n) is 4.50. The first-order chi connectivity index (χ1) is 7.21. The molecule has 0 aliphatic carbocycles. The van der Waals surface area contributed by atoms with Crippen LogP contribution in [0.15, 0.2) is 18.2 Å². The molecule has 0 bridgehead atoms. The average molecular weight is 240 g/mol. The van der Waals surface area contributed by atoms with Gasteiger partial charge in [0.2, 0.25) is 0 Å². The maximum absolute atomic E-state index is 10.7. The Bertz CT molecular complexity index is 421. The van der Waals surface area contributed by atoms with Gasteiger partial charge in [-0.3, -0.25) is 20.2 Å². The molecule has 0 fully saturated rings. The van der Waals surface area contributed by atoms with Gasteiger partial charge >= 0.3 is 0 Å². The Hall–Kier alpha value is -1.76. The molecule has 7 heteroatoms. The van der Waals surface area contributed by atoms with Crippen LogP contribution in [-0.4, -0.2) is 17.9 Å². The summed E-state index contributed by atoms with van der Waals surface area (Å²) in [6.45, 7) is 5.95. The van der Waals surface area contributed by atoms with Crippen molar-refractivity contribution in [3.05, 3.63) is 38.4 Å². The van der Waals surface area contributed by atoms with Crippen molar-refractivity contribution in [3.63, 3.8) is 0 Å². The van der Waals surface area contributed by atoms with Gasteiger partial charge < -0.3 is 0 Å². The molecule has 0 N–H and O–H groups in total. The SMILES string of the molecule is C[Si](C)(C)c1cc([N+](=O)[O-])cc([N+](=O)[O-])c1. The lowest BCUT2D eigenvalue weighted by atomic mass is 10.3. The molecule has 16 heavy (non-hydrogen) atoms. The van der Waals surface area contributed by atoms with Crippen molar-refractivity contribution in [1.82, 2.24) is 0 Å². The first-order valence-electron chi connectivity index (χ1n) is 4.66. The Morgan fingerprint density at radius 1 is 0.938 bits per heavy atom. The van der Waals surface area contributed by atoms with Gasteiger partial charge in [-0.15, -0.1) is 0 Å². The fourth-order valence-corrected chi connectivity index (χ4v) is 2.40. The Morgan fingerprint density at radius 2 is 1.31 bits per heavy atom. The highest BCUT2D eigenvalue weighted by Crippen LogP contribution is 2.20. The normalized spacial score (nSPS) is 11.2. The molecule has 0 saturated heterocycles. The molecule has 6 nitrogen and oxygen atoms in total. The number of hydrogen-bond donors (Lipinski definition) is 0. The molecule has 1 rings (SSSR count). The van der Waals surface area contributed by atoms with Crippen LogP contribution in [-0.2, 0) is 0 Å². The number of nitro benzene ring substituents is 2. The van der Waals surface area contributed by atoms with E-state index < -0.39 is 17.9 Å². The summed E-state index contributed by atoms with van der Waals surface area (Å²) in [4.78, 5) is 20.1. The van der Waals surface area contributed by atoms with E-state index in [1.165, 1.54) is 12.1 Å². The molecule has 0 heterocycles. The van der Waals surface area contributed by atoms with Crippen molar-refractivity contribution < 1.29 is 9.85 Å². The Morgan fingerprint density at radius 3 is 1.56 bits per heavy atom. The Balaban J connectivity index is 3.42. The minimum atomic E-state index is -1.80. The van der Waals surface area contributed by atoms with Crippen molar-refractivity contribution in [2.24, 2.45) is 0 Å². The van der Waals surface area contributed by atoms with E-state index in [1.54, 1.807) is 0 Å². The molecule has 0 saturated carbocycles. The molecule has 1 aromatic rings. The van der Waals surface area contributed by atoms with Crippen LogP contribution < -0.4 is 5.19 Å². The molecule has 0 spiro atoms. The van der Waals surface area contributed by atoms with E-state index in [0.29, 0.717) is 5.19 Å². The largest absolute Gasteiger partial charge is 0.276 e. The maximum atomic E-state index is 10.7. The molecular weight excluding hydrogens is 228 g/mol. The number of rotatable bonds is 3. The van der Waals surface area contributed by atoms with Gasteiger partial charge in [0.25, 0.3) is 11.4 Å². The maximum Gasteiger partial charge on any atom is 0.276 e. The van der Waals surface area contributed by atoms with Crippen molar-refractivity contribution >= 4 is 24.6 Å². The molecule has 0 unspecified atom stereocenters. The van der Waals surface area contributed by atoms with E-state index in [-0.39, 0.29) is 11.4 Å². The summed E-state index contributed by atoms with van der Waals surface area (Å²) in [6, 6.07) is 3.85. The third-order valence-electron chi connectivity index (χ3n) is 2.19. The van der Waals surface area contributed by atoms with Gasteiger partial charge in [0, 0.05) is 12.1 Å². The summed E-state index contributed by atoms with van der Waals surface area (Å²) < 4.78 is 0. The van der Waals surface area contributed by atoms with E-state index in [4.69, 9.17) is 0 Å². The number of nitrogens with zero attached hydrogens (tertiary/aromatic N) is 2. The predicted molar refractivity (Wildman–Crippen MR) is 62.7 cm³/mol. The summed E-state index contributed by atoms with van der Waals surface area (Å²) >= 11 is 0. The highest BCUT2D eigenvalue weighted by Gasteiger charge is 2.24. The van der Waals surface area contributed by atoms with E-state index in [9.17, 15) is 20.2 Å². The van der Waals surface area contributed by atoms with Gasteiger partial charge in [-0.2, -0.15) is 0 Å². The van der Waals surface area contributed by atoms with Gasteiger partial charge in [0.1, 0.15) is 0 Å². The summed E-state index contributed by atoms with van der Waals surface area (Å²) in [7, 11) is -1.80. The Kier molecular flexibility index (Phi) is 3.08. The number of benzene rings is 1. The number of non-ortho nitro benzene ring substituents is 2. The van der Waals surface area contributed by atoms with Crippen LogP contribution in [0.3, 0.4) is 0 Å². The average Bonchev–Trinajstić information content (AvgIpc) is 2.15. The van der Waals surface area contributed by atoms with Gasteiger partial charge in [-0.25, -0.2) is 0 Å². The number of nitro groups is 2. The fraction of sp³-hybridized carbons (Fsp3) is 0.333. The topological polar surface area (TPSA) is 86.3 Å². The van der Waals surface area contributed by atoms with Gasteiger partial charge in [0.15, 0.2) is 0 Å². The molecule has 1 aromatic carbocycles. The monoisotopic (exact) mass is 240 g/mol. The van der Waals surface area contributed by atoms with Crippen LogP contribution in [0.4, 0.5) is 11.4 Å². The molecular formula is C9H12N2O4Si. The molecule has 0 aliphatic rings. The summed E-state index contributed by atoms with van der Waals surface area (Å²) in [6.07, 6.45) is 0. The Labute approximate surface area is 93.2 Å². The van der Waals surface area contributed by atoms with E-state index in [0.717, 1.165) is 6.07 Å². The molecule has 0 radical (unpaired) electrons. The van der Waals surface area contributed by atoms with E-state index in [1.807, 2.05) is 19.6 Å². The third-order valence-corrected chi connectivity index (χ3v) is 4.21. The first kappa shape index (κ1) is 12.3. The molecule has 0 aromatic heterocycles. The van der Waals surface area contributed by atoms with E-state index >= 15 is 0 Å². The van der Waals surface area contributed by atoms with Crippen LogP contribution in [0.5, 0.6) is 0 Å². The second-order valence-corrected chi connectivity index (χ2v) is 9.58. The predicted octanol–water partition coefficient (Wildman–Crippen LogP) is 2.05. The lowest BCUT2D eigenvalue weighted by Crippen LogP contribution is -2.37.